The summed E-state index contributed by atoms with van der Waals surface area (Å²) in [6, 6.07) is 16.2. The molecule has 0 heterocycles. The zero-order chi connectivity index (χ0) is 13.5. The van der Waals surface area contributed by atoms with Crippen molar-refractivity contribution in [2.45, 2.75) is 11.4 Å². The summed E-state index contributed by atoms with van der Waals surface area (Å²) in [5.74, 6) is 1.81. The molecular weight excluding hydrogens is 322 g/mol. The van der Waals surface area contributed by atoms with E-state index in [1.54, 1.807) is 11.8 Å². The van der Waals surface area contributed by atoms with Crippen molar-refractivity contribution in [2.24, 2.45) is 5.73 Å². The topological polar surface area (TPSA) is 35.2 Å². The molecule has 0 aliphatic rings. The van der Waals surface area contributed by atoms with Gasteiger partial charge in [0, 0.05) is 27.2 Å². The van der Waals surface area contributed by atoms with E-state index in [9.17, 15) is 0 Å². The van der Waals surface area contributed by atoms with Gasteiger partial charge in [0.1, 0.15) is 5.75 Å². The van der Waals surface area contributed by atoms with E-state index in [1.807, 2.05) is 36.4 Å². The van der Waals surface area contributed by atoms with Gasteiger partial charge < -0.3 is 10.5 Å². The lowest BCUT2D eigenvalue weighted by atomic mass is 10.2. The molecule has 19 heavy (non-hydrogen) atoms. The van der Waals surface area contributed by atoms with Crippen LogP contribution >= 0.6 is 27.7 Å². The molecule has 0 aromatic heterocycles. The van der Waals surface area contributed by atoms with Crippen molar-refractivity contribution < 1.29 is 4.74 Å². The predicted molar refractivity (Wildman–Crippen MR) is 84.7 cm³/mol. The molecule has 0 bridgehead atoms. The highest BCUT2D eigenvalue weighted by Gasteiger charge is 2.01. The maximum Gasteiger partial charge on any atom is 0.123 e. The van der Waals surface area contributed by atoms with Crippen molar-refractivity contribution in [3.05, 3.63) is 58.6 Å². The number of benzene rings is 2. The lowest BCUT2D eigenvalue weighted by Crippen LogP contribution is -2.05. The van der Waals surface area contributed by atoms with Gasteiger partial charge in [0.2, 0.25) is 0 Å². The van der Waals surface area contributed by atoms with Crippen molar-refractivity contribution >= 4 is 27.7 Å². The van der Waals surface area contributed by atoms with Crippen LogP contribution in [0.15, 0.2) is 57.9 Å². The van der Waals surface area contributed by atoms with E-state index in [0.29, 0.717) is 13.2 Å². The predicted octanol–water partition coefficient (Wildman–Crippen LogP) is 4.08. The first-order valence-electron chi connectivity index (χ1n) is 6.09. The Balaban J connectivity index is 1.79. The van der Waals surface area contributed by atoms with Crippen LogP contribution in [-0.2, 0) is 6.54 Å². The molecular formula is C15H16BrNOS. The van der Waals surface area contributed by atoms with Crippen LogP contribution < -0.4 is 10.5 Å². The molecule has 0 atom stereocenters. The van der Waals surface area contributed by atoms with Crippen LogP contribution in [0.2, 0.25) is 0 Å². The van der Waals surface area contributed by atoms with E-state index in [0.717, 1.165) is 21.5 Å². The number of ether oxygens (including phenoxy) is 1. The van der Waals surface area contributed by atoms with Crippen LogP contribution in [0.4, 0.5) is 0 Å². The van der Waals surface area contributed by atoms with Crippen LogP contribution in [-0.4, -0.2) is 12.4 Å². The number of para-hydroxylation sites is 1. The third-order valence-electron chi connectivity index (χ3n) is 2.62. The average Bonchev–Trinajstić information content (AvgIpc) is 2.46. The summed E-state index contributed by atoms with van der Waals surface area (Å²) in [6.45, 7) is 1.19. The molecule has 0 spiro atoms. The third-order valence-corrected chi connectivity index (χ3v) is 4.12. The Kier molecular flexibility index (Phi) is 5.76. The highest BCUT2D eigenvalue weighted by molar-refractivity contribution is 9.10. The highest BCUT2D eigenvalue weighted by atomic mass is 79.9. The molecule has 0 amide bonds. The van der Waals surface area contributed by atoms with E-state index in [4.69, 9.17) is 10.5 Å². The van der Waals surface area contributed by atoms with Gasteiger partial charge >= 0.3 is 0 Å². The molecule has 2 rings (SSSR count). The zero-order valence-electron chi connectivity index (χ0n) is 10.5. The molecule has 0 aliphatic carbocycles. The molecule has 100 valence electrons. The van der Waals surface area contributed by atoms with E-state index in [1.165, 1.54) is 4.90 Å². The van der Waals surface area contributed by atoms with Crippen LogP contribution in [0.3, 0.4) is 0 Å². The van der Waals surface area contributed by atoms with Crippen molar-refractivity contribution in [1.29, 1.82) is 0 Å². The lowest BCUT2D eigenvalue weighted by molar-refractivity contribution is 0.340. The van der Waals surface area contributed by atoms with Crippen LogP contribution in [0.1, 0.15) is 5.56 Å². The average molecular weight is 338 g/mol. The molecule has 0 aliphatic heterocycles. The van der Waals surface area contributed by atoms with Gasteiger partial charge in [-0.25, -0.2) is 0 Å². The van der Waals surface area contributed by atoms with Crippen molar-refractivity contribution in [3.8, 4) is 5.75 Å². The van der Waals surface area contributed by atoms with E-state index >= 15 is 0 Å². The van der Waals surface area contributed by atoms with Gasteiger partial charge in [-0.3, -0.25) is 0 Å². The zero-order valence-corrected chi connectivity index (χ0v) is 12.9. The maximum atomic E-state index is 5.76. The number of halogens is 1. The molecule has 0 saturated carbocycles. The largest absolute Gasteiger partial charge is 0.492 e. The molecule has 0 saturated heterocycles. The summed E-state index contributed by atoms with van der Waals surface area (Å²) < 4.78 is 6.87. The molecule has 0 unspecified atom stereocenters. The summed E-state index contributed by atoms with van der Waals surface area (Å²) >= 11 is 5.21. The van der Waals surface area contributed by atoms with Crippen LogP contribution in [0, 0.1) is 0 Å². The molecule has 2 nitrogen and oxygen atoms in total. The third kappa shape index (κ3) is 4.56. The molecule has 2 N–H and O–H groups in total. The SMILES string of the molecule is NCc1ccccc1OCCSc1ccc(Br)cc1. The van der Waals surface area contributed by atoms with E-state index in [-0.39, 0.29) is 0 Å². The molecule has 2 aromatic carbocycles. The van der Waals surface area contributed by atoms with Crippen LogP contribution in [0.25, 0.3) is 0 Å². The molecule has 2 aromatic rings. The highest BCUT2D eigenvalue weighted by Crippen LogP contribution is 2.21. The van der Waals surface area contributed by atoms with Crippen molar-refractivity contribution in [1.82, 2.24) is 0 Å². The Morgan fingerprint density at radius 2 is 1.79 bits per heavy atom. The Morgan fingerprint density at radius 3 is 2.53 bits per heavy atom. The lowest BCUT2D eigenvalue weighted by Gasteiger charge is -2.09. The monoisotopic (exact) mass is 337 g/mol. The van der Waals surface area contributed by atoms with Gasteiger partial charge in [-0.05, 0) is 30.3 Å². The number of thioether (sulfide) groups is 1. The number of hydrogen-bond donors (Lipinski definition) is 1. The van der Waals surface area contributed by atoms with Gasteiger partial charge in [-0.15, -0.1) is 11.8 Å². The van der Waals surface area contributed by atoms with Gasteiger partial charge in [-0.2, -0.15) is 0 Å². The van der Waals surface area contributed by atoms with Gasteiger partial charge in [-0.1, -0.05) is 34.1 Å². The Morgan fingerprint density at radius 1 is 1.05 bits per heavy atom. The molecule has 0 radical (unpaired) electrons. The summed E-state index contributed by atoms with van der Waals surface area (Å²) in [5, 5.41) is 0. The van der Waals surface area contributed by atoms with Gasteiger partial charge in [0.05, 0.1) is 6.61 Å². The molecule has 0 fully saturated rings. The quantitative estimate of drug-likeness (QED) is 0.637. The Labute approximate surface area is 126 Å². The second-order valence-electron chi connectivity index (χ2n) is 3.96. The minimum absolute atomic E-state index is 0.510. The maximum absolute atomic E-state index is 5.76. The number of rotatable bonds is 6. The summed E-state index contributed by atoms with van der Waals surface area (Å²) in [5.41, 5.74) is 6.72. The minimum atomic E-state index is 0.510. The normalized spacial score (nSPS) is 10.4. The number of nitrogens with two attached hydrogens (primary N) is 1. The summed E-state index contributed by atoms with van der Waals surface area (Å²) in [6.07, 6.45) is 0. The first-order chi connectivity index (χ1) is 9.29. The van der Waals surface area contributed by atoms with E-state index in [2.05, 4.69) is 28.1 Å². The fourth-order valence-electron chi connectivity index (χ4n) is 1.66. The number of hydrogen-bond acceptors (Lipinski definition) is 3. The van der Waals surface area contributed by atoms with Crippen molar-refractivity contribution in [2.75, 3.05) is 12.4 Å². The first kappa shape index (κ1) is 14.4. The summed E-state index contributed by atoms with van der Waals surface area (Å²) in [4.78, 5) is 1.25. The summed E-state index contributed by atoms with van der Waals surface area (Å²) in [7, 11) is 0. The Bertz CT molecular complexity index is 516. The fraction of sp³-hybridized carbons (Fsp3) is 0.200. The van der Waals surface area contributed by atoms with E-state index < -0.39 is 0 Å². The Hall–Kier alpha value is -0.970. The standard InChI is InChI=1S/C15H16BrNOS/c16-13-5-7-14(8-6-13)19-10-9-18-15-4-2-1-3-12(15)11-17/h1-8H,9-11,17H2. The van der Waals surface area contributed by atoms with Gasteiger partial charge in [0.25, 0.3) is 0 Å². The minimum Gasteiger partial charge on any atom is -0.492 e. The second kappa shape index (κ2) is 7.58. The fourth-order valence-corrected chi connectivity index (χ4v) is 2.65. The van der Waals surface area contributed by atoms with Crippen LogP contribution in [0.5, 0.6) is 5.75 Å². The van der Waals surface area contributed by atoms with Crippen molar-refractivity contribution in [3.63, 3.8) is 0 Å². The smallest absolute Gasteiger partial charge is 0.123 e. The second-order valence-corrected chi connectivity index (χ2v) is 6.05. The first-order valence-corrected chi connectivity index (χ1v) is 7.86. The van der Waals surface area contributed by atoms with Gasteiger partial charge in [0.15, 0.2) is 0 Å². The molecule has 4 heteroatoms.